The summed E-state index contributed by atoms with van der Waals surface area (Å²) in [6.07, 6.45) is 3.62. The summed E-state index contributed by atoms with van der Waals surface area (Å²) in [5, 5.41) is 3.30. The minimum Gasteiger partial charge on any atom is -0.322 e. The number of aryl methyl sites for hydroxylation is 1. The summed E-state index contributed by atoms with van der Waals surface area (Å²) >= 11 is 0. The molecule has 3 rings (SSSR count). The van der Waals surface area contributed by atoms with Crippen molar-refractivity contribution in [1.29, 1.82) is 0 Å². The highest BCUT2D eigenvalue weighted by Gasteiger charge is 2.21. The molecular weight excluding hydrogens is 246 g/mol. The van der Waals surface area contributed by atoms with Gasteiger partial charge in [0.2, 0.25) is 0 Å². The molecule has 1 aliphatic rings. The summed E-state index contributed by atoms with van der Waals surface area (Å²) in [6, 6.07) is 0.274. The van der Waals surface area contributed by atoms with Crippen LogP contribution in [0.25, 0.3) is 11.2 Å². The monoisotopic (exact) mass is 263 g/mol. The van der Waals surface area contributed by atoms with Crippen molar-refractivity contribution in [1.82, 2.24) is 24.0 Å². The molecule has 3 heterocycles. The number of hydrogen-bond donors (Lipinski definition) is 1. The van der Waals surface area contributed by atoms with E-state index in [4.69, 9.17) is 0 Å². The average Bonchev–Trinajstić information content (AvgIpc) is 2.88. The molecule has 1 N–H and O–H groups in total. The molecule has 0 aliphatic carbocycles. The Balaban J connectivity index is 2.28. The smallest absolute Gasteiger partial charge is 0.322 e. The molecule has 7 nitrogen and oxygen atoms in total. The zero-order valence-electron chi connectivity index (χ0n) is 11.1. The van der Waals surface area contributed by atoms with Crippen molar-refractivity contribution >= 4 is 11.2 Å². The molecule has 2 aromatic rings. The van der Waals surface area contributed by atoms with Gasteiger partial charge in [0.05, 0.1) is 6.33 Å². The Kier molecular flexibility index (Phi) is 2.78. The van der Waals surface area contributed by atoms with Gasteiger partial charge in [-0.15, -0.1) is 0 Å². The highest BCUT2D eigenvalue weighted by atomic mass is 16.2. The van der Waals surface area contributed by atoms with E-state index in [1.54, 1.807) is 13.4 Å². The van der Waals surface area contributed by atoms with Crippen LogP contribution in [0.2, 0.25) is 0 Å². The predicted octanol–water partition coefficient (Wildman–Crippen LogP) is -0.642. The van der Waals surface area contributed by atoms with Crippen LogP contribution in [0.15, 0.2) is 15.9 Å². The second-order valence-electron chi connectivity index (χ2n) is 5.01. The first kappa shape index (κ1) is 12.2. The van der Waals surface area contributed by atoms with Gasteiger partial charge in [-0.25, -0.2) is 9.78 Å². The first-order valence-electron chi connectivity index (χ1n) is 6.44. The molecule has 0 radical (unpaired) electrons. The Hall–Kier alpha value is -1.89. The highest BCUT2D eigenvalue weighted by molar-refractivity contribution is 5.70. The van der Waals surface area contributed by atoms with Crippen LogP contribution in [0.3, 0.4) is 0 Å². The molecule has 1 aliphatic heterocycles. The number of fused-ring (bicyclic) bond motifs is 1. The molecule has 2 aromatic heterocycles. The normalized spacial score (nSPS) is 17.2. The second kappa shape index (κ2) is 4.34. The molecular formula is C12H17N5O2. The largest absolute Gasteiger partial charge is 0.332 e. The standard InChI is InChI=1S/C12H17N5O2/c1-15-10-9(11(18)16(2)12(15)19)17(7-14-10)8-3-5-13-6-4-8/h7-8,13H,3-6H2,1-2H3. The van der Waals surface area contributed by atoms with Gasteiger partial charge in [0.25, 0.3) is 5.56 Å². The molecule has 0 saturated carbocycles. The quantitative estimate of drug-likeness (QED) is 0.742. The summed E-state index contributed by atoms with van der Waals surface area (Å²) in [6.45, 7) is 1.88. The van der Waals surface area contributed by atoms with Gasteiger partial charge in [-0.05, 0) is 25.9 Å². The molecule has 7 heteroatoms. The van der Waals surface area contributed by atoms with Crippen LogP contribution < -0.4 is 16.6 Å². The molecule has 0 bridgehead atoms. The van der Waals surface area contributed by atoms with E-state index in [0.717, 1.165) is 30.5 Å². The third-order valence-corrected chi connectivity index (χ3v) is 3.88. The molecule has 1 saturated heterocycles. The van der Waals surface area contributed by atoms with Crippen LogP contribution in [0.4, 0.5) is 0 Å². The van der Waals surface area contributed by atoms with Crippen LogP contribution in [-0.4, -0.2) is 31.8 Å². The summed E-state index contributed by atoms with van der Waals surface area (Å²) in [4.78, 5) is 28.4. The topological polar surface area (TPSA) is 73.8 Å². The zero-order chi connectivity index (χ0) is 13.6. The molecule has 1 fully saturated rings. The van der Waals surface area contributed by atoms with Crippen molar-refractivity contribution in [3.63, 3.8) is 0 Å². The third-order valence-electron chi connectivity index (χ3n) is 3.88. The summed E-state index contributed by atoms with van der Waals surface area (Å²) < 4.78 is 4.49. The fourth-order valence-electron chi connectivity index (χ4n) is 2.73. The number of piperidine rings is 1. The van der Waals surface area contributed by atoms with Crippen molar-refractivity contribution < 1.29 is 0 Å². The van der Waals surface area contributed by atoms with E-state index in [1.165, 1.54) is 11.6 Å². The van der Waals surface area contributed by atoms with Gasteiger partial charge in [-0.2, -0.15) is 0 Å². The lowest BCUT2D eigenvalue weighted by molar-refractivity contribution is 0.374. The van der Waals surface area contributed by atoms with Crippen LogP contribution in [0.1, 0.15) is 18.9 Å². The number of hydrogen-bond acceptors (Lipinski definition) is 4. The Morgan fingerprint density at radius 3 is 2.58 bits per heavy atom. The van der Waals surface area contributed by atoms with Gasteiger partial charge in [-0.1, -0.05) is 0 Å². The molecule has 19 heavy (non-hydrogen) atoms. The van der Waals surface area contributed by atoms with Gasteiger partial charge in [0.1, 0.15) is 0 Å². The number of nitrogens with one attached hydrogen (secondary N) is 1. The minimum absolute atomic E-state index is 0.269. The zero-order valence-corrected chi connectivity index (χ0v) is 11.1. The SMILES string of the molecule is Cn1c(=O)c2c(ncn2C2CCNCC2)n(C)c1=O. The van der Waals surface area contributed by atoms with Gasteiger partial charge < -0.3 is 9.88 Å². The maximum absolute atomic E-state index is 12.3. The third kappa shape index (κ3) is 1.73. The molecule has 0 amide bonds. The first-order chi connectivity index (χ1) is 9.11. The summed E-state index contributed by atoms with van der Waals surface area (Å²) in [5.74, 6) is 0. The molecule has 102 valence electrons. The molecule has 0 aromatic carbocycles. The Morgan fingerprint density at radius 1 is 1.21 bits per heavy atom. The van der Waals surface area contributed by atoms with Crippen molar-refractivity contribution in [3.05, 3.63) is 27.2 Å². The van der Waals surface area contributed by atoms with E-state index < -0.39 is 0 Å². The van der Waals surface area contributed by atoms with Gasteiger partial charge in [0, 0.05) is 20.1 Å². The van der Waals surface area contributed by atoms with E-state index in [1.807, 2.05) is 4.57 Å². The van der Waals surface area contributed by atoms with E-state index in [-0.39, 0.29) is 17.3 Å². The van der Waals surface area contributed by atoms with E-state index >= 15 is 0 Å². The van der Waals surface area contributed by atoms with Crippen molar-refractivity contribution in [2.75, 3.05) is 13.1 Å². The number of imidazole rings is 1. The van der Waals surface area contributed by atoms with Crippen LogP contribution in [0, 0.1) is 0 Å². The fourth-order valence-corrected chi connectivity index (χ4v) is 2.73. The summed E-state index contributed by atoms with van der Waals surface area (Å²) in [5.41, 5.74) is 0.380. The Bertz CT molecular complexity index is 733. The van der Waals surface area contributed by atoms with Crippen molar-refractivity contribution in [2.45, 2.75) is 18.9 Å². The second-order valence-corrected chi connectivity index (χ2v) is 5.01. The lowest BCUT2D eigenvalue weighted by atomic mass is 10.1. The van der Waals surface area contributed by atoms with Crippen LogP contribution >= 0.6 is 0 Å². The maximum atomic E-state index is 12.3. The van der Waals surface area contributed by atoms with Crippen LogP contribution in [0.5, 0.6) is 0 Å². The van der Waals surface area contributed by atoms with Crippen molar-refractivity contribution in [2.24, 2.45) is 14.1 Å². The number of rotatable bonds is 1. The molecule has 0 unspecified atom stereocenters. The van der Waals surface area contributed by atoms with Gasteiger partial charge >= 0.3 is 5.69 Å². The number of nitrogens with zero attached hydrogens (tertiary/aromatic N) is 4. The number of aromatic nitrogens is 4. The van der Waals surface area contributed by atoms with E-state index in [2.05, 4.69) is 10.3 Å². The lowest BCUT2D eigenvalue weighted by Crippen LogP contribution is -2.38. The van der Waals surface area contributed by atoms with Crippen molar-refractivity contribution in [3.8, 4) is 0 Å². The highest BCUT2D eigenvalue weighted by Crippen LogP contribution is 2.21. The average molecular weight is 263 g/mol. The van der Waals surface area contributed by atoms with Crippen LogP contribution in [-0.2, 0) is 14.1 Å². The predicted molar refractivity (Wildman–Crippen MR) is 71.4 cm³/mol. The van der Waals surface area contributed by atoms with Gasteiger partial charge in [0.15, 0.2) is 11.2 Å². The fraction of sp³-hybridized carbons (Fsp3) is 0.583. The minimum atomic E-state index is -0.340. The Labute approximate surface area is 109 Å². The summed E-state index contributed by atoms with van der Waals surface area (Å²) in [7, 11) is 3.15. The van der Waals surface area contributed by atoms with E-state index in [9.17, 15) is 9.59 Å². The maximum Gasteiger partial charge on any atom is 0.332 e. The van der Waals surface area contributed by atoms with Gasteiger partial charge in [-0.3, -0.25) is 13.9 Å². The molecule has 0 spiro atoms. The molecule has 0 atom stereocenters. The Morgan fingerprint density at radius 2 is 1.89 bits per heavy atom. The van der Waals surface area contributed by atoms with E-state index in [0.29, 0.717) is 11.2 Å². The first-order valence-corrected chi connectivity index (χ1v) is 6.44. The lowest BCUT2D eigenvalue weighted by Gasteiger charge is -2.24.